The third kappa shape index (κ3) is 4.86. The van der Waals surface area contributed by atoms with Gasteiger partial charge in [-0.25, -0.2) is 0 Å². The number of nitriles is 1. The highest BCUT2D eigenvalue weighted by molar-refractivity contribution is 8.00. The Labute approximate surface area is 123 Å². The van der Waals surface area contributed by atoms with Gasteiger partial charge in [0.05, 0.1) is 25.7 Å². The van der Waals surface area contributed by atoms with Crippen molar-refractivity contribution in [2.75, 3.05) is 13.7 Å². The van der Waals surface area contributed by atoms with Crippen LogP contribution in [-0.4, -0.2) is 25.2 Å². The largest absolute Gasteiger partial charge is 0.496 e. The average Bonchev–Trinajstić information content (AvgIpc) is 2.37. The molecular formula is C13H12F3NO3S. The number of hydrogen-bond acceptors (Lipinski definition) is 5. The van der Waals surface area contributed by atoms with Crippen LogP contribution in [-0.2, 0) is 16.0 Å². The number of hydrogen-bond donors (Lipinski definition) is 0. The lowest BCUT2D eigenvalue weighted by Gasteiger charge is -2.14. The molecule has 0 saturated carbocycles. The summed E-state index contributed by atoms with van der Waals surface area (Å²) >= 11 is -0.404. The molecular weight excluding hydrogens is 307 g/mol. The third-order valence-electron chi connectivity index (χ3n) is 2.42. The summed E-state index contributed by atoms with van der Waals surface area (Å²) in [5.74, 6) is -0.465. The van der Waals surface area contributed by atoms with Crippen molar-refractivity contribution in [3.63, 3.8) is 0 Å². The molecule has 0 aliphatic heterocycles. The van der Waals surface area contributed by atoms with Crippen molar-refractivity contribution in [3.8, 4) is 11.8 Å². The molecule has 4 nitrogen and oxygen atoms in total. The molecule has 0 bridgehead atoms. The van der Waals surface area contributed by atoms with Crippen LogP contribution in [0.25, 0.3) is 0 Å². The predicted octanol–water partition coefficient (Wildman–Crippen LogP) is 3.28. The number of thioether (sulfide) groups is 1. The lowest BCUT2D eigenvalue weighted by molar-refractivity contribution is -0.142. The number of ether oxygens (including phenoxy) is 2. The van der Waals surface area contributed by atoms with E-state index in [2.05, 4.69) is 0 Å². The van der Waals surface area contributed by atoms with Crippen LogP contribution in [0.2, 0.25) is 0 Å². The van der Waals surface area contributed by atoms with Crippen LogP contribution < -0.4 is 4.74 Å². The highest BCUT2D eigenvalue weighted by atomic mass is 32.2. The summed E-state index contributed by atoms with van der Waals surface area (Å²) in [5, 5.41) is 9.12. The van der Waals surface area contributed by atoms with Gasteiger partial charge in [-0.15, -0.1) is 0 Å². The Balaban J connectivity index is 3.27. The Kier molecular flexibility index (Phi) is 5.90. The molecule has 0 atom stereocenters. The summed E-state index contributed by atoms with van der Waals surface area (Å²) in [4.78, 5) is 11.3. The van der Waals surface area contributed by atoms with Crippen LogP contribution >= 0.6 is 11.8 Å². The van der Waals surface area contributed by atoms with Gasteiger partial charge in [0, 0.05) is 10.5 Å². The Hall–Kier alpha value is -1.88. The van der Waals surface area contributed by atoms with Crippen molar-refractivity contribution in [1.29, 1.82) is 5.26 Å². The molecule has 114 valence electrons. The Morgan fingerprint density at radius 1 is 1.43 bits per heavy atom. The maximum Gasteiger partial charge on any atom is 0.446 e. The zero-order valence-electron chi connectivity index (χ0n) is 11.3. The van der Waals surface area contributed by atoms with E-state index in [9.17, 15) is 18.0 Å². The van der Waals surface area contributed by atoms with E-state index in [4.69, 9.17) is 14.7 Å². The van der Waals surface area contributed by atoms with E-state index in [1.807, 2.05) is 0 Å². The molecule has 21 heavy (non-hydrogen) atoms. The van der Waals surface area contributed by atoms with Gasteiger partial charge in [-0.3, -0.25) is 4.79 Å². The number of halogens is 3. The molecule has 0 N–H and O–H groups in total. The monoisotopic (exact) mass is 319 g/mol. The summed E-state index contributed by atoms with van der Waals surface area (Å²) < 4.78 is 47.2. The fourth-order valence-corrected chi connectivity index (χ4v) is 2.32. The van der Waals surface area contributed by atoms with Crippen LogP contribution in [0.3, 0.4) is 0 Å². The third-order valence-corrected chi connectivity index (χ3v) is 3.21. The maximum absolute atomic E-state index is 12.5. The van der Waals surface area contributed by atoms with Crippen LogP contribution in [0, 0.1) is 11.3 Å². The molecule has 0 spiro atoms. The lowest BCUT2D eigenvalue weighted by atomic mass is 10.0. The molecule has 8 heteroatoms. The molecule has 0 unspecified atom stereocenters. The molecule has 1 aromatic carbocycles. The molecule has 0 fully saturated rings. The summed E-state index contributed by atoms with van der Waals surface area (Å²) in [5.41, 5.74) is -4.67. The van der Waals surface area contributed by atoms with Gasteiger partial charge in [0.15, 0.2) is 0 Å². The van der Waals surface area contributed by atoms with Crippen molar-refractivity contribution in [1.82, 2.24) is 0 Å². The van der Waals surface area contributed by atoms with Crippen LogP contribution in [0.5, 0.6) is 5.75 Å². The van der Waals surface area contributed by atoms with Gasteiger partial charge in [0.25, 0.3) is 0 Å². The summed E-state index contributed by atoms with van der Waals surface area (Å²) in [6.45, 7) is 1.75. The molecule has 0 aliphatic carbocycles. The van der Waals surface area contributed by atoms with Crippen molar-refractivity contribution < 1.29 is 27.4 Å². The van der Waals surface area contributed by atoms with Crippen molar-refractivity contribution in [2.24, 2.45) is 0 Å². The second-order valence-electron chi connectivity index (χ2n) is 3.76. The number of carbonyl (C=O) groups is 1. The lowest BCUT2D eigenvalue weighted by Crippen LogP contribution is -2.11. The quantitative estimate of drug-likeness (QED) is 0.616. The van der Waals surface area contributed by atoms with E-state index >= 15 is 0 Å². The van der Waals surface area contributed by atoms with E-state index in [0.29, 0.717) is 0 Å². The van der Waals surface area contributed by atoms with E-state index in [1.54, 1.807) is 13.0 Å². The number of alkyl halides is 3. The van der Waals surface area contributed by atoms with Crippen LogP contribution in [0.4, 0.5) is 13.2 Å². The van der Waals surface area contributed by atoms with Gasteiger partial charge in [-0.2, -0.15) is 18.4 Å². The number of nitrogens with zero attached hydrogens (tertiary/aromatic N) is 1. The first kappa shape index (κ1) is 17.2. The summed E-state index contributed by atoms with van der Waals surface area (Å²) in [6, 6.07) is 4.14. The fourth-order valence-electron chi connectivity index (χ4n) is 1.66. The number of esters is 1. The van der Waals surface area contributed by atoms with Gasteiger partial charge in [-0.1, -0.05) is 0 Å². The van der Waals surface area contributed by atoms with E-state index in [-0.39, 0.29) is 34.8 Å². The van der Waals surface area contributed by atoms with E-state index in [1.165, 1.54) is 13.2 Å². The molecule has 0 amide bonds. The van der Waals surface area contributed by atoms with Gasteiger partial charge >= 0.3 is 11.5 Å². The minimum Gasteiger partial charge on any atom is -0.496 e. The second kappa shape index (κ2) is 7.22. The Bertz CT molecular complexity index is 567. The van der Waals surface area contributed by atoms with Gasteiger partial charge < -0.3 is 9.47 Å². The van der Waals surface area contributed by atoms with Gasteiger partial charge in [-0.05, 0) is 30.8 Å². The predicted molar refractivity (Wildman–Crippen MR) is 70.0 cm³/mol. The molecule has 0 aliphatic rings. The second-order valence-corrected chi connectivity index (χ2v) is 4.87. The molecule has 1 aromatic rings. The maximum atomic E-state index is 12.5. The first-order chi connectivity index (χ1) is 9.82. The minimum absolute atomic E-state index is 0.0905. The normalized spacial score (nSPS) is 10.9. The standard InChI is InChI=1S/C13H12F3NO3S/c1-3-20-12(18)6-8-9(7-17)11(21-13(14,15)16)5-4-10(8)19-2/h4-5H,3,6H2,1-2H3. The molecule has 0 aromatic heterocycles. The minimum atomic E-state index is -4.53. The first-order valence-electron chi connectivity index (χ1n) is 5.83. The van der Waals surface area contributed by atoms with Gasteiger partial charge in [0.2, 0.25) is 0 Å². The van der Waals surface area contributed by atoms with Crippen molar-refractivity contribution in [2.45, 2.75) is 23.7 Å². The zero-order chi connectivity index (χ0) is 16.0. The topological polar surface area (TPSA) is 59.3 Å². The molecule has 0 saturated heterocycles. The average molecular weight is 319 g/mol. The zero-order valence-corrected chi connectivity index (χ0v) is 12.1. The molecule has 1 rings (SSSR count). The van der Waals surface area contributed by atoms with Crippen molar-refractivity contribution >= 4 is 17.7 Å². The Morgan fingerprint density at radius 2 is 2.10 bits per heavy atom. The fraction of sp³-hybridized carbons (Fsp3) is 0.385. The number of carbonyl (C=O) groups excluding carboxylic acids is 1. The van der Waals surface area contributed by atoms with Crippen LogP contribution in [0.15, 0.2) is 17.0 Å². The summed E-state index contributed by atoms with van der Waals surface area (Å²) in [6.07, 6.45) is -0.327. The van der Waals surface area contributed by atoms with E-state index < -0.39 is 23.2 Å². The highest BCUT2D eigenvalue weighted by Gasteiger charge is 2.32. The number of rotatable bonds is 5. The van der Waals surface area contributed by atoms with E-state index in [0.717, 1.165) is 6.07 Å². The van der Waals surface area contributed by atoms with Crippen LogP contribution in [0.1, 0.15) is 18.1 Å². The van der Waals surface area contributed by atoms with Gasteiger partial charge in [0.1, 0.15) is 11.8 Å². The Morgan fingerprint density at radius 3 is 2.57 bits per heavy atom. The first-order valence-corrected chi connectivity index (χ1v) is 6.65. The SMILES string of the molecule is CCOC(=O)Cc1c(OC)ccc(SC(F)(F)F)c1C#N. The molecule has 0 radical (unpaired) electrons. The summed E-state index contributed by atoms with van der Waals surface area (Å²) in [7, 11) is 1.31. The van der Waals surface area contributed by atoms with Crippen molar-refractivity contribution in [3.05, 3.63) is 23.3 Å². The number of benzene rings is 1. The number of methoxy groups -OCH3 is 1. The highest BCUT2D eigenvalue weighted by Crippen LogP contribution is 2.41. The molecule has 0 heterocycles. The smallest absolute Gasteiger partial charge is 0.446 e.